The summed E-state index contributed by atoms with van der Waals surface area (Å²) in [6.45, 7) is 9.21. The van der Waals surface area contributed by atoms with Gasteiger partial charge in [0.05, 0.1) is 7.11 Å². The summed E-state index contributed by atoms with van der Waals surface area (Å²) >= 11 is 0. The molecule has 1 N–H and O–H groups in total. The number of rotatable bonds is 9. The molecule has 0 spiro atoms. The van der Waals surface area contributed by atoms with E-state index in [1.807, 2.05) is 13.8 Å². The lowest BCUT2D eigenvalue weighted by Crippen LogP contribution is -2.50. The number of esters is 1. The molecule has 1 rings (SSSR count). The molecule has 1 atom stereocenters. The molecule has 0 bridgehead atoms. The second-order valence-electron chi connectivity index (χ2n) is 6.38. The molecule has 1 unspecified atom stereocenters. The molecule has 4 heteroatoms. The van der Waals surface area contributed by atoms with Crippen molar-refractivity contribution >= 4 is 5.97 Å². The first-order chi connectivity index (χ1) is 10.1. The number of hydrogen-bond donors (Lipinski definition) is 1. The third-order valence-electron chi connectivity index (χ3n) is 4.82. The second kappa shape index (κ2) is 9.42. The zero-order chi connectivity index (χ0) is 15.7. The summed E-state index contributed by atoms with van der Waals surface area (Å²) in [6, 6.07) is 0.757. The maximum atomic E-state index is 12.0. The molecular formula is C17H34N2O2. The Labute approximate surface area is 130 Å². The SMILES string of the molecule is CCNC(C)(CCCN(CC)C1CCCCC1)C(=O)OC. The van der Waals surface area contributed by atoms with Crippen molar-refractivity contribution in [2.24, 2.45) is 0 Å². The zero-order valence-electron chi connectivity index (χ0n) is 14.4. The maximum absolute atomic E-state index is 12.0. The van der Waals surface area contributed by atoms with E-state index in [9.17, 15) is 4.79 Å². The van der Waals surface area contributed by atoms with Gasteiger partial charge in [0.15, 0.2) is 0 Å². The number of likely N-dealkylation sites (N-methyl/N-ethyl adjacent to an activating group) is 1. The second-order valence-corrected chi connectivity index (χ2v) is 6.38. The lowest BCUT2D eigenvalue weighted by Gasteiger charge is -2.34. The van der Waals surface area contributed by atoms with Crippen LogP contribution in [0.15, 0.2) is 0 Å². The van der Waals surface area contributed by atoms with Gasteiger partial charge in [0, 0.05) is 6.04 Å². The summed E-state index contributed by atoms with van der Waals surface area (Å²) in [5.41, 5.74) is -0.546. The van der Waals surface area contributed by atoms with Crippen molar-refractivity contribution in [2.45, 2.75) is 77.3 Å². The Bertz CT molecular complexity index is 303. The monoisotopic (exact) mass is 298 g/mol. The molecular weight excluding hydrogens is 264 g/mol. The minimum absolute atomic E-state index is 0.148. The van der Waals surface area contributed by atoms with Gasteiger partial charge in [-0.1, -0.05) is 33.1 Å². The average molecular weight is 298 g/mol. The summed E-state index contributed by atoms with van der Waals surface area (Å²) in [5.74, 6) is -0.148. The van der Waals surface area contributed by atoms with Crippen LogP contribution in [0.3, 0.4) is 0 Å². The quantitative estimate of drug-likeness (QED) is 0.665. The Kier molecular flexibility index (Phi) is 8.27. The van der Waals surface area contributed by atoms with Gasteiger partial charge in [0.1, 0.15) is 5.54 Å². The summed E-state index contributed by atoms with van der Waals surface area (Å²) in [5, 5.41) is 3.29. The van der Waals surface area contributed by atoms with E-state index in [4.69, 9.17) is 4.74 Å². The fraction of sp³-hybridized carbons (Fsp3) is 0.941. The van der Waals surface area contributed by atoms with Gasteiger partial charge >= 0.3 is 5.97 Å². The van der Waals surface area contributed by atoms with Gasteiger partial charge in [-0.05, 0) is 52.2 Å². The molecule has 0 aromatic heterocycles. The summed E-state index contributed by atoms with van der Waals surface area (Å²) < 4.78 is 4.95. The molecule has 0 aromatic carbocycles. The first-order valence-electron chi connectivity index (χ1n) is 8.64. The third-order valence-corrected chi connectivity index (χ3v) is 4.82. The van der Waals surface area contributed by atoms with Crippen molar-refractivity contribution in [1.29, 1.82) is 0 Å². The molecule has 0 aromatic rings. The number of carbonyl (C=O) groups is 1. The molecule has 1 aliphatic rings. The molecule has 1 aliphatic carbocycles. The van der Waals surface area contributed by atoms with Crippen LogP contribution in [0.4, 0.5) is 0 Å². The molecule has 4 nitrogen and oxygen atoms in total. The van der Waals surface area contributed by atoms with Crippen molar-refractivity contribution in [2.75, 3.05) is 26.7 Å². The van der Waals surface area contributed by atoms with Crippen molar-refractivity contribution < 1.29 is 9.53 Å². The van der Waals surface area contributed by atoms with Gasteiger partial charge < -0.3 is 15.0 Å². The highest BCUT2D eigenvalue weighted by Crippen LogP contribution is 2.23. The third kappa shape index (κ3) is 5.59. The number of nitrogens with one attached hydrogen (secondary N) is 1. The standard InChI is InChI=1S/C17H34N2O2/c1-5-18-17(3,16(20)21-4)13-10-14-19(6-2)15-11-8-7-9-12-15/h15,18H,5-14H2,1-4H3. The highest BCUT2D eigenvalue weighted by molar-refractivity contribution is 5.80. The Balaban J connectivity index is 2.45. The smallest absolute Gasteiger partial charge is 0.325 e. The predicted molar refractivity (Wildman–Crippen MR) is 87.5 cm³/mol. The number of ether oxygens (including phenoxy) is 1. The lowest BCUT2D eigenvalue weighted by atomic mass is 9.92. The van der Waals surface area contributed by atoms with Crippen LogP contribution in [0.5, 0.6) is 0 Å². The molecule has 124 valence electrons. The topological polar surface area (TPSA) is 41.6 Å². The van der Waals surface area contributed by atoms with Gasteiger partial charge in [-0.2, -0.15) is 0 Å². The first-order valence-corrected chi connectivity index (χ1v) is 8.64. The molecule has 0 saturated heterocycles. The highest BCUT2D eigenvalue weighted by Gasteiger charge is 2.33. The van der Waals surface area contributed by atoms with E-state index in [0.717, 1.165) is 38.5 Å². The zero-order valence-corrected chi connectivity index (χ0v) is 14.4. The van der Waals surface area contributed by atoms with Gasteiger partial charge in [0.25, 0.3) is 0 Å². The van der Waals surface area contributed by atoms with Crippen LogP contribution >= 0.6 is 0 Å². The van der Waals surface area contributed by atoms with Crippen LogP contribution in [0, 0.1) is 0 Å². The van der Waals surface area contributed by atoms with Gasteiger partial charge in [-0.15, -0.1) is 0 Å². The van der Waals surface area contributed by atoms with E-state index < -0.39 is 5.54 Å². The minimum Gasteiger partial charge on any atom is -0.468 e. The first kappa shape index (κ1) is 18.4. The fourth-order valence-corrected chi connectivity index (χ4v) is 3.56. The van der Waals surface area contributed by atoms with E-state index >= 15 is 0 Å². The van der Waals surface area contributed by atoms with Crippen LogP contribution in [-0.2, 0) is 9.53 Å². The molecule has 1 saturated carbocycles. The van der Waals surface area contributed by atoms with Crippen molar-refractivity contribution in [1.82, 2.24) is 10.2 Å². The fourth-order valence-electron chi connectivity index (χ4n) is 3.56. The lowest BCUT2D eigenvalue weighted by molar-refractivity contribution is -0.148. The van der Waals surface area contributed by atoms with E-state index in [0.29, 0.717) is 0 Å². The molecule has 21 heavy (non-hydrogen) atoms. The minimum atomic E-state index is -0.546. The summed E-state index contributed by atoms with van der Waals surface area (Å²) in [6.07, 6.45) is 8.69. The molecule has 0 aliphatic heterocycles. The number of hydrogen-bond acceptors (Lipinski definition) is 4. The van der Waals surface area contributed by atoms with Crippen LogP contribution in [0.2, 0.25) is 0 Å². The molecule has 1 fully saturated rings. The largest absolute Gasteiger partial charge is 0.468 e. The predicted octanol–water partition coefficient (Wildman–Crippen LogP) is 2.96. The van der Waals surface area contributed by atoms with Crippen LogP contribution < -0.4 is 5.32 Å². The van der Waals surface area contributed by atoms with Crippen molar-refractivity contribution in [3.05, 3.63) is 0 Å². The van der Waals surface area contributed by atoms with E-state index in [-0.39, 0.29) is 5.97 Å². The van der Waals surface area contributed by atoms with Crippen LogP contribution in [0.1, 0.15) is 65.7 Å². The van der Waals surface area contributed by atoms with Gasteiger partial charge in [-0.25, -0.2) is 0 Å². The normalized spacial score (nSPS) is 19.5. The number of carbonyl (C=O) groups excluding carboxylic acids is 1. The van der Waals surface area contributed by atoms with Crippen molar-refractivity contribution in [3.63, 3.8) is 0 Å². The molecule has 0 amide bonds. The summed E-state index contributed by atoms with van der Waals surface area (Å²) in [7, 11) is 1.47. The number of methoxy groups -OCH3 is 1. The maximum Gasteiger partial charge on any atom is 0.325 e. The van der Waals surface area contributed by atoms with E-state index in [2.05, 4.69) is 17.1 Å². The Morgan fingerprint density at radius 2 is 1.95 bits per heavy atom. The van der Waals surface area contributed by atoms with E-state index in [1.54, 1.807) is 0 Å². The Hall–Kier alpha value is -0.610. The Morgan fingerprint density at radius 1 is 1.29 bits per heavy atom. The van der Waals surface area contributed by atoms with Crippen molar-refractivity contribution in [3.8, 4) is 0 Å². The molecule has 0 heterocycles. The van der Waals surface area contributed by atoms with Gasteiger partial charge in [-0.3, -0.25) is 4.79 Å². The Morgan fingerprint density at radius 3 is 2.48 bits per heavy atom. The average Bonchev–Trinajstić information content (AvgIpc) is 2.52. The van der Waals surface area contributed by atoms with E-state index in [1.165, 1.54) is 39.2 Å². The highest BCUT2D eigenvalue weighted by atomic mass is 16.5. The van der Waals surface area contributed by atoms with Gasteiger partial charge in [0.2, 0.25) is 0 Å². The van der Waals surface area contributed by atoms with Crippen LogP contribution in [0.25, 0.3) is 0 Å². The molecule has 0 radical (unpaired) electrons. The number of nitrogens with zero attached hydrogens (tertiary/aromatic N) is 1. The summed E-state index contributed by atoms with van der Waals surface area (Å²) in [4.78, 5) is 14.6. The van der Waals surface area contributed by atoms with Crippen LogP contribution in [-0.4, -0.2) is 49.2 Å².